The van der Waals surface area contributed by atoms with Gasteiger partial charge in [0.1, 0.15) is 17.4 Å². The lowest BCUT2D eigenvalue weighted by Gasteiger charge is -2.51. The molecule has 188 valence electrons. The summed E-state index contributed by atoms with van der Waals surface area (Å²) in [5.41, 5.74) is -1.67. The molecule has 1 aliphatic rings. The minimum Gasteiger partial charge on any atom is -0.465 e. The summed E-state index contributed by atoms with van der Waals surface area (Å²) in [5.74, 6) is 0. The minimum absolute atomic E-state index is 0.181. The fraction of sp³-hybridized carbons (Fsp3) is 0.889. The first-order valence-corrected chi connectivity index (χ1v) is 12.9. The smallest absolute Gasteiger partial charge is 0.410 e. The van der Waals surface area contributed by atoms with Gasteiger partial charge in [-0.15, -0.1) is 0 Å². The number of nitrogens with zero attached hydrogens (tertiary/aromatic N) is 1. The largest absolute Gasteiger partial charge is 0.465 e. The van der Waals surface area contributed by atoms with Crippen molar-refractivity contribution in [2.75, 3.05) is 6.61 Å². The van der Waals surface area contributed by atoms with Crippen LogP contribution in [0.25, 0.3) is 0 Å². The van der Waals surface area contributed by atoms with E-state index in [1.807, 2.05) is 27.7 Å². The van der Waals surface area contributed by atoms with Crippen molar-refractivity contribution in [2.45, 2.75) is 143 Å². The Morgan fingerprint density at radius 1 is 1.00 bits per heavy atom. The molecule has 1 rings (SSSR count). The third kappa shape index (κ3) is 7.48. The summed E-state index contributed by atoms with van der Waals surface area (Å²) in [5, 5.41) is 21.4. The van der Waals surface area contributed by atoms with Gasteiger partial charge in [-0.05, 0) is 44.6 Å². The summed E-state index contributed by atoms with van der Waals surface area (Å²) < 4.78 is 5.90. The number of carboxylic acid groups (broad SMARTS) is 1. The maximum atomic E-state index is 12.2. The molecule has 0 aromatic carbocycles. The van der Waals surface area contributed by atoms with Crippen molar-refractivity contribution in [3.8, 4) is 0 Å². The molecule has 1 aliphatic heterocycles. The number of rotatable bonds is 14. The number of aliphatic hydroxyl groups excluding tert-OH is 1. The summed E-state index contributed by atoms with van der Waals surface area (Å²) in [6.07, 6.45) is 15.5. The van der Waals surface area contributed by atoms with Crippen LogP contribution in [0.2, 0.25) is 0 Å². The highest BCUT2D eigenvalue weighted by Gasteiger charge is 2.63. The van der Waals surface area contributed by atoms with Gasteiger partial charge in [0.05, 0.1) is 6.61 Å². The Morgan fingerprint density at radius 3 is 1.91 bits per heavy atom. The predicted octanol–water partition coefficient (Wildman–Crippen LogP) is 7.53. The van der Waals surface area contributed by atoms with Gasteiger partial charge in [-0.3, -0.25) is 4.90 Å². The van der Waals surface area contributed by atoms with Gasteiger partial charge in [-0.2, -0.15) is 0 Å². The fourth-order valence-corrected chi connectivity index (χ4v) is 5.09. The van der Waals surface area contributed by atoms with Crippen LogP contribution in [0.3, 0.4) is 0 Å². The molecule has 0 unspecified atom stereocenters. The zero-order valence-electron chi connectivity index (χ0n) is 22.0. The van der Waals surface area contributed by atoms with Crippen LogP contribution in [-0.4, -0.2) is 45.2 Å². The van der Waals surface area contributed by atoms with Crippen molar-refractivity contribution < 1.29 is 19.7 Å². The summed E-state index contributed by atoms with van der Waals surface area (Å²) in [6, 6.07) is 0. The monoisotopic (exact) mass is 453 g/mol. The van der Waals surface area contributed by atoms with Crippen molar-refractivity contribution in [1.29, 1.82) is 0 Å². The number of allylic oxidation sites excluding steroid dienone is 1. The number of amides is 1. The molecule has 2 N–H and O–H groups in total. The van der Waals surface area contributed by atoms with Crippen LogP contribution < -0.4 is 0 Å². The molecule has 0 aromatic heterocycles. The Balaban J connectivity index is 2.55. The van der Waals surface area contributed by atoms with Gasteiger partial charge in [0.25, 0.3) is 0 Å². The molecule has 1 saturated heterocycles. The molecule has 0 saturated carbocycles. The number of carbonyl (C=O) groups is 1. The maximum Gasteiger partial charge on any atom is 0.410 e. The summed E-state index contributed by atoms with van der Waals surface area (Å²) in [6.45, 7) is 13.8. The number of unbranched alkanes of at least 4 members (excludes halogenated alkanes) is 11. The molecular formula is C27H51NO4. The molecule has 32 heavy (non-hydrogen) atoms. The summed E-state index contributed by atoms with van der Waals surface area (Å²) >= 11 is 0. The number of hydrogen-bond donors (Lipinski definition) is 2. The van der Waals surface area contributed by atoms with E-state index in [-0.39, 0.29) is 6.61 Å². The zero-order valence-corrected chi connectivity index (χ0v) is 22.0. The fourth-order valence-electron chi connectivity index (χ4n) is 5.09. The van der Waals surface area contributed by atoms with Gasteiger partial charge in [0.15, 0.2) is 0 Å². The first kappa shape index (κ1) is 29.0. The SMILES string of the molecule is CCCCCCCCCCCCCC=C(C)[C@@H](O)[C@]1(C(C)(C)C)COC(C)(C)N1C(=O)O. The van der Waals surface area contributed by atoms with Gasteiger partial charge < -0.3 is 14.9 Å². The number of hydrogen-bond acceptors (Lipinski definition) is 3. The lowest BCUT2D eigenvalue weighted by molar-refractivity contribution is -0.0822. The molecule has 0 spiro atoms. The van der Waals surface area contributed by atoms with E-state index in [0.29, 0.717) is 0 Å². The van der Waals surface area contributed by atoms with Crippen molar-refractivity contribution in [3.63, 3.8) is 0 Å². The highest BCUT2D eigenvalue weighted by atomic mass is 16.5. The third-order valence-corrected chi connectivity index (χ3v) is 7.23. The molecule has 0 aromatic rings. The van der Waals surface area contributed by atoms with E-state index in [1.54, 1.807) is 13.8 Å². The van der Waals surface area contributed by atoms with Gasteiger partial charge in [0, 0.05) is 0 Å². The molecule has 0 bridgehead atoms. The highest BCUT2D eigenvalue weighted by molar-refractivity contribution is 5.68. The van der Waals surface area contributed by atoms with E-state index in [4.69, 9.17) is 4.74 Å². The van der Waals surface area contributed by atoms with Crippen LogP contribution in [0, 0.1) is 5.41 Å². The molecule has 5 heteroatoms. The van der Waals surface area contributed by atoms with Crippen molar-refractivity contribution in [3.05, 3.63) is 11.6 Å². The number of aliphatic hydroxyl groups is 1. The van der Waals surface area contributed by atoms with Crippen LogP contribution in [0.15, 0.2) is 11.6 Å². The Hall–Kier alpha value is -1.07. The van der Waals surface area contributed by atoms with E-state index >= 15 is 0 Å². The predicted molar refractivity (Wildman–Crippen MR) is 133 cm³/mol. The number of ether oxygens (including phenoxy) is 1. The van der Waals surface area contributed by atoms with E-state index in [9.17, 15) is 15.0 Å². The van der Waals surface area contributed by atoms with Crippen molar-refractivity contribution in [2.24, 2.45) is 5.41 Å². The van der Waals surface area contributed by atoms with Crippen LogP contribution in [-0.2, 0) is 4.74 Å². The molecule has 1 fully saturated rings. The second kappa shape index (κ2) is 13.0. The lowest BCUT2D eigenvalue weighted by atomic mass is 9.67. The Morgan fingerprint density at radius 2 is 1.47 bits per heavy atom. The lowest BCUT2D eigenvalue weighted by Crippen LogP contribution is -2.67. The highest BCUT2D eigenvalue weighted by Crippen LogP contribution is 2.49. The molecule has 2 atom stereocenters. The first-order valence-electron chi connectivity index (χ1n) is 12.9. The second-order valence-electron chi connectivity index (χ2n) is 11.2. The zero-order chi connectivity index (χ0) is 24.4. The van der Waals surface area contributed by atoms with Crippen molar-refractivity contribution >= 4 is 6.09 Å². The van der Waals surface area contributed by atoms with Crippen LogP contribution in [0.1, 0.15) is 126 Å². The molecule has 5 nitrogen and oxygen atoms in total. The van der Waals surface area contributed by atoms with E-state index in [1.165, 1.54) is 69.1 Å². The summed E-state index contributed by atoms with van der Waals surface area (Å²) in [7, 11) is 0. The van der Waals surface area contributed by atoms with Crippen LogP contribution in [0.4, 0.5) is 4.79 Å². The first-order chi connectivity index (χ1) is 14.9. The van der Waals surface area contributed by atoms with E-state index in [2.05, 4.69) is 13.0 Å². The van der Waals surface area contributed by atoms with Crippen molar-refractivity contribution in [1.82, 2.24) is 4.90 Å². The van der Waals surface area contributed by atoms with Gasteiger partial charge in [-0.1, -0.05) is 98.0 Å². The van der Waals surface area contributed by atoms with E-state index in [0.717, 1.165) is 18.4 Å². The Kier molecular flexibility index (Phi) is 11.7. The Bertz CT molecular complexity index is 593. The summed E-state index contributed by atoms with van der Waals surface area (Å²) in [4.78, 5) is 13.5. The molecule has 1 amide bonds. The molecule has 0 aliphatic carbocycles. The van der Waals surface area contributed by atoms with E-state index < -0.39 is 28.9 Å². The van der Waals surface area contributed by atoms with Gasteiger partial charge in [0.2, 0.25) is 0 Å². The van der Waals surface area contributed by atoms with Crippen LogP contribution >= 0.6 is 0 Å². The standard InChI is InChI=1S/C27H51NO4/c1-8-9-10-11-12-13-14-15-16-17-18-19-20-22(2)23(29)27(25(3,4)5)21-32-26(6,7)28(27)24(30)31/h20,23,29H,8-19,21H2,1-7H3,(H,30,31)/t23-,27+/m1/s1. The molecule has 0 radical (unpaired) electrons. The normalized spacial score (nSPS) is 22.4. The minimum atomic E-state index is -1.06. The average molecular weight is 454 g/mol. The Labute approximate surface area is 197 Å². The maximum absolute atomic E-state index is 12.2. The average Bonchev–Trinajstić information content (AvgIpc) is 3.00. The quantitative estimate of drug-likeness (QED) is 0.211. The topological polar surface area (TPSA) is 70.0 Å². The van der Waals surface area contributed by atoms with Gasteiger partial charge >= 0.3 is 6.09 Å². The molecular weight excluding hydrogens is 402 g/mol. The van der Waals surface area contributed by atoms with Gasteiger partial charge in [-0.25, -0.2) is 4.79 Å². The second-order valence-corrected chi connectivity index (χ2v) is 11.2. The van der Waals surface area contributed by atoms with Crippen LogP contribution in [0.5, 0.6) is 0 Å². The molecule has 1 heterocycles. The third-order valence-electron chi connectivity index (χ3n) is 7.23.